The van der Waals surface area contributed by atoms with Crippen LogP contribution in [0.4, 0.5) is 15.8 Å². The predicted molar refractivity (Wildman–Crippen MR) is 78.4 cm³/mol. The van der Waals surface area contributed by atoms with Crippen molar-refractivity contribution in [3.63, 3.8) is 0 Å². The van der Waals surface area contributed by atoms with E-state index < -0.39 is 17.6 Å². The van der Waals surface area contributed by atoms with Gasteiger partial charge >= 0.3 is 0 Å². The molecule has 2 rings (SSSR count). The number of carbonyl (C=O) groups excluding carboxylic acids is 3. The van der Waals surface area contributed by atoms with Gasteiger partial charge < -0.3 is 9.64 Å². The highest BCUT2D eigenvalue weighted by Crippen LogP contribution is 2.38. The van der Waals surface area contributed by atoms with Crippen molar-refractivity contribution >= 4 is 29.1 Å². The number of nitrogens with zero attached hydrogens (tertiary/aromatic N) is 2. The summed E-state index contributed by atoms with van der Waals surface area (Å²) in [5.74, 6) is -1.98. The standard InChI is InChI=1S/C15H17FN2O4/c1-4-5-17-13-7-12(18(9(2)19)10(3)20)11(16)6-14(13)22-8-15(17)21/h6-7H,4-5,8H2,1-3H3. The molecular weight excluding hydrogens is 291 g/mol. The van der Waals surface area contributed by atoms with Crippen LogP contribution in [0.5, 0.6) is 5.75 Å². The van der Waals surface area contributed by atoms with Crippen LogP contribution in [-0.4, -0.2) is 30.9 Å². The van der Waals surface area contributed by atoms with E-state index >= 15 is 0 Å². The molecule has 0 saturated carbocycles. The van der Waals surface area contributed by atoms with E-state index in [9.17, 15) is 18.8 Å². The van der Waals surface area contributed by atoms with Crippen LogP contribution in [0.15, 0.2) is 12.1 Å². The summed E-state index contributed by atoms with van der Waals surface area (Å²) in [5.41, 5.74) is 0.181. The summed E-state index contributed by atoms with van der Waals surface area (Å²) in [5, 5.41) is 0. The first kappa shape index (κ1) is 15.9. The summed E-state index contributed by atoms with van der Waals surface area (Å²) >= 11 is 0. The van der Waals surface area contributed by atoms with Gasteiger partial charge in [-0.3, -0.25) is 14.4 Å². The monoisotopic (exact) mass is 308 g/mol. The van der Waals surface area contributed by atoms with Gasteiger partial charge in [0.05, 0.1) is 11.4 Å². The van der Waals surface area contributed by atoms with Gasteiger partial charge in [-0.1, -0.05) is 6.92 Å². The second-order valence-corrected chi connectivity index (χ2v) is 4.98. The first-order valence-electron chi connectivity index (χ1n) is 6.94. The lowest BCUT2D eigenvalue weighted by Crippen LogP contribution is -2.40. The molecule has 1 aliphatic rings. The molecule has 0 atom stereocenters. The number of hydrogen-bond acceptors (Lipinski definition) is 4. The van der Waals surface area contributed by atoms with E-state index in [0.29, 0.717) is 18.7 Å². The largest absolute Gasteiger partial charge is 0.481 e. The second-order valence-electron chi connectivity index (χ2n) is 4.98. The molecule has 0 saturated heterocycles. The van der Waals surface area contributed by atoms with Gasteiger partial charge in [0.15, 0.2) is 12.4 Å². The number of carbonyl (C=O) groups is 3. The summed E-state index contributed by atoms with van der Waals surface area (Å²) in [6.45, 7) is 4.54. The Morgan fingerprint density at radius 2 is 1.95 bits per heavy atom. The van der Waals surface area contributed by atoms with Crippen LogP contribution in [0.1, 0.15) is 27.2 Å². The van der Waals surface area contributed by atoms with Crippen LogP contribution in [0.3, 0.4) is 0 Å². The molecule has 0 aliphatic carbocycles. The van der Waals surface area contributed by atoms with Gasteiger partial charge in [-0.15, -0.1) is 0 Å². The number of rotatable bonds is 3. The minimum atomic E-state index is -0.755. The van der Waals surface area contributed by atoms with Gasteiger partial charge in [0.2, 0.25) is 11.8 Å². The Labute approximate surface area is 127 Å². The molecule has 0 aromatic heterocycles. The fourth-order valence-electron chi connectivity index (χ4n) is 2.41. The maximum atomic E-state index is 14.2. The molecule has 0 fully saturated rings. The topological polar surface area (TPSA) is 66.9 Å². The van der Waals surface area contributed by atoms with Crippen LogP contribution in [0.2, 0.25) is 0 Å². The van der Waals surface area contributed by atoms with Gasteiger partial charge in [0, 0.05) is 26.5 Å². The van der Waals surface area contributed by atoms with E-state index in [1.807, 2.05) is 6.92 Å². The zero-order valence-corrected chi connectivity index (χ0v) is 12.7. The number of amides is 3. The average molecular weight is 308 g/mol. The molecule has 0 radical (unpaired) electrons. The normalized spacial score (nSPS) is 13.5. The third-order valence-corrected chi connectivity index (χ3v) is 3.29. The Bertz CT molecular complexity index is 631. The van der Waals surface area contributed by atoms with Gasteiger partial charge in [-0.05, 0) is 12.5 Å². The predicted octanol–water partition coefficient (Wildman–Crippen LogP) is 1.86. The Morgan fingerprint density at radius 3 is 2.50 bits per heavy atom. The highest BCUT2D eigenvalue weighted by Gasteiger charge is 2.29. The summed E-state index contributed by atoms with van der Waals surface area (Å²) < 4.78 is 19.5. The number of halogens is 1. The van der Waals surface area contributed by atoms with Crippen molar-refractivity contribution in [2.45, 2.75) is 27.2 Å². The summed E-state index contributed by atoms with van der Waals surface area (Å²) in [6.07, 6.45) is 0.709. The van der Waals surface area contributed by atoms with Gasteiger partial charge in [0.1, 0.15) is 5.75 Å². The van der Waals surface area contributed by atoms with Crippen LogP contribution >= 0.6 is 0 Å². The molecule has 0 unspecified atom stereocenters. The summed E-state index contributed by atoms with van der Waals surface area (Å²) in [4.78, 5) is 37.4. The highest BCUT2D eigenvalue weighted by atomic mass is 19.1. The molecule has 1 aliphatic heterocycles. The van der Waals surface area contributed by atoms with Crippen molar-refractivity contribution in [3.8, 4) is 5.75 Å². The number of anilines is 2. The maximum absolute atomic E-state index is 14.2. The van der Waals surface area contributed by atoms with Crippen molar-refractivity contribution in [1.29, 1.82) is 0 Å². The van der Waals surface area contributed by atoms with Crippen LogP contribution in [0.25, 0.3) is 0 Å². The van der Waals surface area contributed by atoms with E-state index in [1.54, 1.807) is 0 Å². The molecular formula is C15H17FN2O4. The number of benzene rings is 1. The fourth-order valence-corrected chi connectivity index (χ4v) is 2.41. The lowest BCUT2D eigenvalue weighted by Gasteiger charge is -2.30. The highest BCUT2D eigenvalue weighted by molar-refractivity contribution is 6.14. The Morgan fingerprint density at radius 1 is 1.32 bits per heavy atom. The van der Waals surface area contributed by atoms with Gasteiger partial charge in [-0.25, -0.2) is 9.29 Å². The maximum Gasteiger partial charge on any atom is 0.265 e. The third-order valence-electron chi connectivity index (χ3n) is 3.29. The zero-order chi connectivity index (χ0) is 16.4. The molecule has 1 aromatic rings. The molecule has 6 nitrogen and oxygen atoms in total. The SMILES string of the molecule is CCCN1C(=O)COc2cc(F)c(N(C(C)=O)C(C)=O)cc21. The second kappa shape index (κ2) is 6.13. The summed E-state index contributed by atoms with van der Waals surface area (Å²) in [6, 6.07) is 2.40. The number of fused-ring (bicyclic) bond motifs is 1. The number of ether oxygens (including phenoxy) is 1. The lowest BCUT2D eigenvalue weighted by molar-refractivity contribution is -0.124. The molecule has 7 heteroatoms. The molecule has 3 amide bonds. The molecule has 0 spiro atoms. The number of imide groups is 1. The van der Waals surface area contributed by atoms with E-state index in [4.69, 9.17) is 4.74 Å². The average Bonchev–Trinajstić information content (AvgIpc) is 2.43. The van der Waals surface area contributed by atoms with Crippen LogP contribution in [0, 0.1) is 5.82 Å². The van der Waals surface area contributed by atoms with E-state index in [1.165, 1.54) is 24.8 Å². The first-order chi connectivity index (χ1) is 10.4. The van der Waals surface area contributed by atoms with Crippen molar-refractivity contribution in [1.82, 2.24) is 0 Å². The van der Waals surface area contributed by atoms with Crippen molar-refractivity contribution in [3.05, 3.63) is 17.9 Å². The molecule has 1 heterocycles. The lowest BCUT2D eigenvalue weighted by atomic mass is 10.1. The Kier molecular flexibility index (Phi) is 4.44. The zero-order valence-electron chi connectivity index (χ0n) is 12.7. The van der Waals surface area contributed by atoms with E-state index in [0.717, 1.165) is 11.0 Å². The summed E-state index contributed by atoms with van der Waals surface area (Å²) in [7, 11) is 0. The molecule has 1 aromatic carbocycles. The minimum absolute atomic E-state index is 0.158. The van der Waals surface area contributed by atoms with E-state index in [2.05, 4.69) is 0 Å². The minimum Gasteiger partial charge on any atom is -0.481 e. The van der Waals surface area contributed by atoms with Gasteiger partial charge in [-0.2, -0.15) is 0 Å². The molecule has 22 heavy (non-hydrogen) atoms. The molecule has 118 valence electrons. The van der Waals surface area contributed by atoms with Crippen molar-refractivity contribution in [2.75, 3.05) is 23.0 Å². The number of hydrogen-bond donors (Lipinski definition) is 0. The quantitative estimate of drug-likeness (QED) is 0.855. The third kappa shape index (κ3) is 2.79. The van der Waals surface area contributed by atoms with Crippen molar-refractivity contribution < 1.29 is 23.5 Å². The Hall–Kier alpha value is -2.44. The van der Waals surface area contributed by atoms with Crippen LogP contribution < -0.4 is 14.5 Å². The van der Waals surface area contributed by atoms with E-state index in [-0.39, 0.29) is 24.0 Å². The Balaban J connectivity index is 2.57. The molecule has 0 N–H and O–H groups in total. The van der Waals surface area contributed by atoms with Crippen molar-refractivity contribution in [2.24, 2.45) is 0 Å². The fraction of sp³-hybridized carbons (Fsp3) is 0.400. The smallest absolute Gasteiger partial charge is 0.265 e. The van der Waals surface area contributed by atoms with Crippen LogP contribution in [-0.2, 0) is 14.4 Å². The molecule has 0 bridgehead atoms. The first-order valence-corrected chi connectivity index (χ1v) is 6.94. The van der Waals surface area contributed by atoms with Gasteiger partial charge in [0.25, 0.3) is 5.91 Å².